The van der Waals surface area contributed by atoms with E-state index in [2.05, 4.69) is 0 Å². The smallest absolute Gasteiger partial charge is 0.743 e. The number of halogens is 9. The summed E-state index contributed by atoms with van der Waals surface area (Å²) in [6.45, 7) is 0. The van der Waals surface area contributed by atoms with Gasteiger partial charge in [-0.3, -0.25) is 0 Å². The largest absolute Gasteiger partial charge is 1.00 e. The topological polar surface area (TPSA) is 66.4 Å². The van der Waals surface area contributed by atoms with Crippen molar-refractivity contribution in [3.05, 3.63) is 0 Å². The molecule has 0 bridgehead atoms. The molecule has 0 heterocycles. The van der Waals surface area contributed by atoms with Gasteiger partial charge in [-0.2, -0.15) is 35.1 Å². The van der Waals surface area contributed by atoms with Crippen LogP contribution in [0.2, 0.25) is 0 Å². The normalized spacial score (nSPS) is 15.1. The number of hydrogen-bond donors (Lipinski definition) is 0. The van der Waals surface area contributed by atoms with Gasteiger partial charge in [0.2, 0.25) is 0 Å². The number of rotatable bonds is 5. The van der Waals surface area contributed by atoms with Crippen molar-refractivity contribution in [3.8, 4) is 0 Å². The fourth-order valence-electron chi connectivity index (χ4n) is 0.424. The SMILES string of the molecule is O=S(=O)([O-])C(F)(F)C(F)(F)OC(F)(F)C(F)(F)I.[Na+]. The van der Waals surface area contributed by atoms with Crippen LogP contribution in [0, 0.1) is 0 Å². The molecule has 0 amide bonds. The van der Waals surface area contributed by atoms with Gasteiger partial charge < -0.3 is 4.55 Å². The molecule has 0 atom stereocenters. The Morgan fingerprint density at radius 2 is 1.21 bits per heavy atom. The van der Waals surface area contributed by atoms with Crippen molar-refractivity contribution in [2.24, 2.45) is 0 Å². The molecule has 0 aromatic heterocycles. The second-order valence-corrected chi connectivity index (χ2v) is 5.38. The zero-order valence-electron chi connectivity index (χ0n) is 8.44. The van der Waals surface area contributed by atoms with Crippen molar-refractivity contribution in [3.63, 3.8) is 0 Å². The van der Waals surface area contributed by atoms with E-state index in [1.54, 1.807) is 0 Å². The molecule has 0 spiro atoms. The van der Waals surface area contributed by atoms with Crippen LogP contribution >= 0.6 is 22.6 Å². The molecule has 0 aromatic carbocycles. The van der Waals surface area contributed by atoms with Crippen LogP contribution in [0.1, 0.15) is 0 Å². The number of ether oxygens (including phenoxy) is 1. The molecule has 0 unspecified atom stereocenters. The Morgan fingerprint density at radius 3 is 1.42 bits per heavy atom. The summed E-state index contributed by atoms with van der Waals surface area (Å²) >= 11 is -0.406. The summed E-state index contributed by atoms with van der Waals surface area (Å²) < 4.78 is 123. The third kappa shape index (κ3) is 4.77. The zero-order chi connectivity index (χ0) is 15.2. The van der Waals surface area contributed by atoms with Gasteiger partial charge in [0.1, 0.15) is 0 Å². The van der Waals surface area contributed by atoms with Crippen molar-refractivity contribution >= 4 is 32.7 Å². The first kappa shape index (κ1) is 22.3. The predicted molar refractivity (Wildman–Crippen MR) is 44.6 cm³/mol. The fraction of sp³-hybridized carbons (Fsp3) is 1.00. The quantitative estimate of drug-likeness (QED) is 0.186. The van der Waals surface area contributed by atoms with E-state index in [1.807, 2.05) is 4.74 Å². The van der Waals surface area contributed by atoms with Crippen molar-refractivity contribution in [2.45, 2.75) is 21.4 Å². The Balaban J connectivity index is 0. The van der Waals surface area contributed by atoms with Crippen LogP contribution in [0.4, 0.5) is 35.1 Å². The van der Waals surface area contributed by atoms with E-state index in [0.29, 0.717) is 0 Å². The van der Waals surface area contributed by atoms with Gasteiger partial charge in [-0.15, -0.1) is 0 Å². The Labute approximate surface area is 136 Å². The molecule has 0 aliphatic heterocycles. The molecule has 0 radical (unpaired) electrons. The van der Waals surface area contributed by atoms with Gasteiger partial charge in [0.25, 0.3) is 0 Å². The van der Waals surface area contributed by atoms with E-state index in [1.165, 1.54) is 0 Å². The predicted octanol–water partition coefficient (Wildman–Crippen LogP) is -0.642. The second kappa shape index (κ2) is 6.04. The minimum atomic E-state index is -7.12. The van der Waals surface area contributed by atoms with E-state index in [4.69, 9.17) is 0 Å². The van der Waals surface area contributed by atoms with E-state index in [9.17, 15) is 48.1 Å². The summed E-state index contributed by atoms with van der Waals surface area (Å²) in [5.41, 5.74) is 0. The van der Waals surface area contributed by atoms with Gasteiger partial charge >= 0.3 is 51.0 Å². The Bertz CT molecular complexity index is 419. The van der Waals surface area contributed by atoms with Crippen LogP contribution in [-0.2, 0) is 14.9 Å². The van der Waals surface area contributed by atoms with Crippen LogP contribution < -0.4 is 29.6 Å². The van der Waals surface area contributed by atoms with Crippen LogP contribution in [-0.4, -0.2) is 34.4 Å². The zero-order valence-corrected chi connectivity index (χ0v) is 13.4. The van der Waals surface area contributed by atoms with Gasteiger partial charge in [0.15, 0.2) is 10.1 Å². The molecule has 0 fully saturated rings. The molecule has 4 nitrogen and oxygen atoms in total. The van der Waals surface area contributed by atoms with E-state index >= 15 is 0 Å². The summed E-state index contributed by atoms with van der Waals surface area (Å²) in [6.07, 6.45) is -12.8. The average molecular weight is 446 g/mol. The monoisotopic (exact) mass is 446 g/mol. The van der Waals surface area contributed by atoms with Crippen LogP contribution in [0.5, 0.6) is 0 Å². The van der Waals surface area contributed by atoms with Crippen LogP contribution in [0.3, 0.4) is 0 Å². The van der Waals surface area contributed by atoms with E-state index < -0.39 is 54.1 Å². The molecule has 15 heteroatoms. The first-order valence-electron chi connectivity index (χ1n) is 3.31. The molecule has 0 saturated carbocycles. The summed E-state index contributed by atoms with van der Waals surface area (Å²) in [7, 11) is -7.12. The molecule has 0 aliphatic carbocycles. The fourth-order valence-corrected chi connectivity index (χ4v) is 0.867. The minimum Gasteiger partial charge on any atom is -0.743 e. The molecular formula is C4F8INaO4S. The Hall–Kier alpha value is 1.04. The second-order valence-electron chi connectivity index (χ2n) is 2.60. The third-order valence-electron chi connectivity index (χ3n) is 1.24. The summed E-state index contributed by atoms with van der Waals surface area (Å²) in [5.74, 6) is 0. The van der Waals surface area contributed by atoms with Crippen molar-refractivity contribution in [1.82, 2.24) is 0 Å². The van der Waals surface area contributed by atoms with Gasteiger partial charge in [-0.1, -0.05) is 0 Å². The molecule has 0 N–H and O–H groups in total. The van der Waals surface area contributed by atoms with Gasteiger partial charge in [-0.25, -0.2) is 13.2 Å². The van der Waals surface area contributed by atoms with Crippen molar-refractivity contribution in [1.29, 1.82) is 0 Å². The van der Waals surface area contributed by atoms with E-state index in [-0.39, 0.29) is 29.6 Å². The van der Waals surface area contributed by atoms with Gasteiger partial charge in [0.05, 0.1) is 0 Å². The number of alkyl halides is 9. The maximum Gasteiger partial charge on any atom is 1.00 e. The summed E-state index contributed by atoms with van der Waals surface area (Å²) in [4.78, 5) is 0. The molecule has 0 rings (SSSR count). The molecule has 0 saturated heterocycles. The molecule has 19 heavy (non-hydrogen) atoms. The van der Waals surface area contributed by atoms with Crippen molar-refractivity contribution < 1.29 is 82.4 Å². The first-order valence-corrected chi connectivity index (χ1v) is 5.80. The Kier molecular flexibility index (Phi) is 7.09. The maximum absolute atomic E-state index is 12.4. The third-order valence-corrected chi connectivity index (χ3v) is 2.73. The van der Waals surface area contributed by atoms with Gasteiger partial charge in [-0.05, 0) is 0 Å². The number of hydrogen-bond acceptors (Lipinski definition) is 4. The standard InChI is InChI=1S/C4HF8IO4S.Na/c5-1(6,13)2(7,8)17-3(9,10)4(11,12)18(14,15)16;/h(H,14,15,16);/q;+1/p-1. The van der Waals surface area contributed by atoms with E-state index in [0.717, 1.165) is 0 Å². The van der Waals surface area contributed by atoms with Crippen molar-refractivity contribution in [2.75, 3.05) is 0 Å². The summed E-state index contributed by atoms with van der Waals surface area (Å²) in [6, 6.07) is 0. The van der Waals surface area contributed by atoms with Gasteiger partial charge in [0, 0.05) is 22.6 Å². The molecule has 0 aliphatic rings. The molecule has 110 valence electrons. The maximum atomic E-state index is 12.4. The molecule has 0 aromatic rings. The average Bonchev–Trinajstić information content (AvgIpc) is 1.96. The summed E-state index contributed by atoms with van der Waals surface area (Å²) in [5, 5.41) is -6.65. The Morgan fingerprint density at radius 1 is 0.895 bits per heavy atom. The van der Waals surface area contributed by atoms with Crippen LogP contribution in [0.15, 0.2) is 0 Å². The molecular weight excluding hydrogens is 446 g/mol. The van der Waals surface area contributed by atoms with Crippen LogP contribution in [0.25, 0.3) is 0 Å². The first-order chi connectivity index (χ1) is 7.46. The minimum absolute atomic E-state index is 0.